The quantitative estimate of drug-likeness (QED) is 0.277. The van der Waals surface area contributed by atoms with Gasteiger partial charge in [0, 0.05) is 42.3 Å². The molecule has 11 heteroatoms. The monoisotopic (exact) mass is 580 g/mol. The maximum Gasteiger partial charge on any atom is 0.417 e. The van der Waals surface area contributed by atoms with Crippen molar-refractivity contribution in [2.24, 2.45) is 0 Å². The van der Waals surface area contributed by atoms with Crippen molar-refractivity contribution in [3.05, 3.63) is 54.0 Å². The summed E-state index contributed by atoms with van der Waals surface area (Å²) in [6.07, 6.45) is 1.83. The first-order valence-electron chi connectivity index (χ1n) is 14.6. The lowest BCUT2D eigenvalue weighted by molar-refractivity contribution is -0.136. The molecular formula is C31H32F4N6O. The van der Waals surface area contributed by atoms with E-state index in [1.165, 1.54) is 18.3 Å². The predicted molar refractivity (Wildman–Crippen MR) is 153 cm³/mol. The summed E-state index contributed by atoms with van der Waals surface area (Å²) in [6, 6.07) is 9.26. The van der Waals surface area contributed by atoms with E-state index in [0.717, 1.165) is 44.7 Å². The van der Waals surface area contributed by atoms with Crippen molar-refractivity contribution >= 4 is 27.5 Å². The summed E-state index contributed by atoms with van der Waals surface area (Å²) in [6.45, 7) is 4.73. The topological polar surface area (TPSA) is 75.2 Å². The van der Waals surface area contributed by atoms with Gasteiger partial charge >= 0.3 is 12.2 Å². The van der Waals surface area contributed by atoms with Crippen molar-refractivity contribution in [3.63, 3.8) is 0 Å². The molecule has 4 aromatic rings. The third-order valence-corrected chi connectivity index (χ3v) is 9.11. The molecule has 7 rings (SSSR count). The number of fused-ring (bicyclic) bond motifs is 4. The standard InChI is InChI=1S/C31H32F4N6O/c1-2-30(12-5-13-37-30)17-42-29-39-27-22(28(40-29)41-15-19-10-11-20(16-41)38-19)14-36-26(25(27)32)21-8-3-6-18-7-4-9-23(24(18)21)31(33,34)35/h3-4,6-9,14,19-20,37-38H,2,5,10-13,15-17H2,1H3/t19-,20?,30?/m0/s1. The minimum atomic E-state index is -4.62. The van der Waals surface area contributed by atoms with Gasteiger partial charge in [-0.25, -0.2) is 4.39 Å². The van der Waals surface area contributed by atoms with E-state index in [1.807, 2.05) is 0 Å². The second-order valence-corrected chi connectivity index (χ2v) is 11.7. The molecule has 5 heterocycles. The number of benzene rings is 2. The summed E-state index contributed by atoms with van der Waals surface area (Å²) in [5, 5.41) is 7.78. The Morgan fingerprint density at radius 1 is 1.07 bits per heavy atom. The zero-order chi connectivity index (χ0) is 29.1. The lowest BCUT2D eigenvalue weighted by atomic mass is 9.95. The van der Waals surface area contributed by atoms with Crippen LogP contribution in [-0.2, 0) is 6.18 Å². The molecule has 2 aromatic carbocycles. The van der Waals surface area contributed by atoms with E-state index in [2.05, 4.69) is 32.4 Å². The number of alkyl halides is 3. The molecule has 7 nitrogen and oxygen atoms in total. The number of piperazine rings is 1. The van der Waals surface area contributed by atoms with Crippen LogP contribution in [0, 0.1) is 5.82 Å². The Hall–Kier alpha value is -3.57. The first-order valence-corrected chi connectivity index (χ1v) is 14.6. The van der Waals surface area contributed by atoms with E-state index < -0.39 is 17.6 Å². The van der Waals surface area contributed by atoms with E-state index in [4.69, 9.17) is 9.72 Å². The van der Waals surface area contributed by atoms with Gasteiger partial charge in [0.2, 0.25) is 0 Å². The Labute approximate surface area is 240 Å². The molecule has 3 fully saturated rings. The van der Waals surface area contributed by atoms with Crippen LogP contribution in [0.1, 0.15) is 44.6 Å². The molecule has 2 aromatic heterocycles. The largest absolute Gasteiger partial charge is 0.461 e. The maximum absolute atomic E-state index is 16.6. The fraction of sp³-hybridized carbons (Fsp3) is 0.452. The second kappa shape index (κ2) is 10.3. The van der Waals surface area contributed by atoms with Gasteiger partial charge in [0.05, 0.1) is 16.5 Å². The highest BCUT2D eigenvalue weighted by atomic mass is 19.4. The Morgan fingerprint density at radius 3 is 2.52 bits per heavy atom. The third kappa shape index (κ3) is 4.72. The van der Waals surface area contributed by atoms with Crippen LogP contribution in [0.4, 0.5) is 23.4 Å². The van der Waals surface area contributed by atoms with Gasteiger partial charge in [0.1, 0.15) is 23.6 Å². The number of anilines is 1. The molecule has 2 N–H and O–H groups in total. The van der Waals surface area contributed by atoms with E-state index in [0.29, 0.717) is 48.4 Å². The van der Waals surface area contributed by atoms with Crippen LogP contribution in [0.25, 0.3) is 32.9 Å². The zero-order valence-electron chi connectivity index (χ0n) is 23.3. The summed E-state index contributed by atoms with van der Waals surface area (Å²) in [5.41, 5.74) is -1.19. The van der Waals surface area contributed by atoms with E-state index in [1.54, 1.807) is 18.2 Å². The average Bonchev–Trinajstić information content (AvgIpc) is 3.61. The number of rotatable bonds is 6. The van der Waals surface area contributed by atoms with Crippen LogP contribution in [0.2, 0.25) is 0 Å². The van der Waals surface area contributed by atoms with Crippen LogP contribution < -0.4 is 20.3 Å². The molecule has 3 atom stereocenters. The molecule has 2 unspecified atom stereocenters. The summed E-state index contributed by atoms with van der Waals surface area (Å²) in [4.78, 5) is 15.8. The number of nitrogens with zero attached hydrogens (tertiary/aromatic N) is 4. The minimum absolute atomic E-state index is 0.0164. The maximum atomic E-state index is 16.6. The van der Waals surface area contributed by atoms with E-state index >= 15 is 4.39 Å². The third-order valence-electron chi connectivity index (χ3n) is 9.11. The number of halogens is 4. The van der Waals surface area contributed by atoms with Gasteiger partial charge < -0.3 is 20.3 Å². The highest BCUT2D eigenvalue weighted by Gasteiger charge is 2.37. The number of hydrogen-bond acceptors (Lipinski definition) is 7. The number of aromatic nitrogens is 3. The number of hydrogen-bond donors (Lipinski definition) is 2. The number of nitrogens with one attached hydrogen (secondary N) is 2. The van der Waals surface area contributed by atoms with Crippen LogP contribution in [-0.4, -0.2) is 58.8 Å². The summed E-state index contributed by atoms with van der Waals surface area (Å²) < 4.78 is 64.9. The molecule has 220 valence electrons. The predicted octanol–water partition coefficient (Wildman–Crippen LogP) is 5.85. The minimum Gasteiger partial charge on any atom is -0.461 e. The Kier molecular flexibility index (Phi) is 6.69. The Bertz CT molecular complexity index is 1640. The van der Waals surface area contributed by atoms with Crippen molar-refractivity contribution in [2.45, 2.75) is 62.8 Å². The first kappa shape index (κ1) is 27.3. The zero-order valence-corrected chi connectivity index (χ0v) is 23.3. The summed E-state index contributed by atoms with van der Waals surface area (Å²) >= 11 is 0. The smallest absolute Gasteiger partial charge is 0.417 e. The second-order valence-electron chi connectivity index (χ2n) is 11.7. The molecule has 0 radical (unpaired) electrons. The van der Waals surface area contributed by atoms with Crippen LogP contribution in [0.3, 0.4) is 0 Å². The first-order chi connectivity index (χ1) is 20.2. The summed E-state index contributed by atoms with van der Waals surface area (Å²) in [5.74, 6) is -0.266. The molecule has 3 aliphatic rings. The van der Waals surface area contributed by atoms with Crippen molar-refractivity contribution in [3.8, 4) is 17.3 Å². The van der Waals surface area contributed by atoms with Gasteiger partial charge in [-0.3, -0.25) is 4.98 Å². The molecule has 0 amide bonds. The highest BCUT2D eigenvalue weighted by Crippen LogP contribution is 2.41. The normalized spacial score (nSPS) is 24.2. The van der Waals surface area contributed by atoms with E-state index in [9.17, 15) is 13.2 Å². The molecule has 0 spiro atoms. The van der Waals surface area contributed by atoms with Gasteiger partial charge in [-0.2, -0.15) is 23.1 Å². The fourth-order valence-corrected chi connectivity index (χ4v) is 6.86. The van der Waals surface area contributed by atoms with Crippen LogP contribution >= 0.6 is 0 Å². The molecular weight excluding hydrogens is 548 g/mol. The molecule has 3 saturated heterocycles. The molecule has 3 aliphatic heterocycles. The number of ether oxygens (including phenoxy) is 1. The lowest BCUT2D eigenvalue weighted by Gasteiger charge is -2.34. The SMILES string of the molecule is CCC1(COc2nc(N3CC4CC[C@@H](C3)N4)c3cnc(-c4cccc5cccc(C(F)(F)F)c45)c(F)c3n2)CCCN1. The Morgan fingerprint density at radius 2 is 1.83 bits per heavy atom. The van der Waals surface area contributed by atoms with Crippen LogP contribution in [0.5, 0.6) is 6.01 Å². The van der Waals surface area contributed by atoms with Crippen molar-refractivity contribution in [1.82, 2.24) is 25.6 Å². The van der Waals surface area contributed by atoms with Crippen LogP contribution in [0.15, 0.2) is 42.6 Å². The van der Waals surface area contributed by atoms with Crippen molar-refractivity contribution < 1.29 is 22.3 Å². The van der Waals surface area contributed by atoms with Crippen molar-refractivity contribution in [2.75, 3.05) is 31.1 Å². The average molecular weight is 581 g/mol. The lowest BCUT2D eigenvalue weighted by Crippen LogP contribution is -2.51. The molecule has 0 aliphatic carbocycles. The van der Waals surface area contributed by atoms with Crippen molar-refractivity contribution in [1.29, 1.82) is 0 Å². The molecule has 2 bridgehead atoms. The van der Waals surface area contributed by atoms with Gasteiger partial charge in [0.15, 0.2) is 5.82 Å². The molecule has 0 saturated carbocycles. The molecule has 42 heavy (non-hydrogen) atoms. The Balaban J connectivity index is 1.38. The van der Waals surface area contributed by atoms with Gasteiger partial charge in [-0.05, 0) is 50.1 Å². The van der Waals surface area contributed by atoms with Gasteiger partial charge in [0.25, 0.3) is 0 Å². The van der Waals surface area contributed by atoms with E-state index in [-0.39, 0.29) is 33.7 Å². The fourth-order valence-electron chi connectivity index (χ4n) is 6.86. The highest BCUT2D eigenvalue weighted by molar-refractivity contribution is 6.01. The summed E-state index contributed by atoms with van der Waals surface area (Å²) in [7, 11) is 0. The van der Waals surface area contributed by atoms with Gasteiger partial charge in [-0.1, -0.05) is 37.3 Å². The van der Waals surface area contributed by atoms with Gasteiger partial charge in [-0.15, -0.1) is 0 Å². The number of pyridine rings is 1.